The highest BCUT2D eigenvalue weighted by Gasteiger charge is 2.30. The second-order valence-corrected chi connectivity index (χ2v) is 2.64. The molecule has 2 unspecified atom stereocenters. The standard InChI is InChI=1S/C8H8O3/c9-7-5-2-1-3-6(4-5)8(7)11-10/h1-4,7-10H. The molecule has 0 spiro atoms. The van der Waals surface area contributed by atoms with Gasteiger partial charge >= 0.3 is 0 Å². The van der Waals surface area contributed by atoms with Gasteiger partial charge in [-0.15, -0.1) is 0 Å². The fourth-order valence-corrected chi connectivity index (χ4v) is 1.40. The molecule has 1 aliphatic carbocycles. The zero-order chi connectivity index (χ0) is 7.84. The molecule has 0 fully saturated rings. The van der Waals surface area contributed by atoms with E-state index in [0.717, 1.165) is 11.1 Å². The Kier molecular flexibility index (Phi) is 1.42. The van der Waals surface area contributed by atoms with E-state index in [1.165, 1.54) is 0 Å². The predicted molar refractivity (Wildman–Crippen MR) is 37.9 cm³/mol. The van der Waals surface area contributed by atoms with Crippen molar-refractivity contribution in [2.75, 3.05) is 0 Å². The van der Waals surface area contributed by atoms with Gasteiger partial charge in [0, 0.05) is 0 Å². The first kappa shape index (κ1) is 6.79. The fraction of sp³-hybridized carbons (Fsp3) is 0.250. The molecule has 3 nitrogen and oxygen atoms in total. The van der Waals surface area contributed by atoms with Gasteiger partial charge in [-0.05, 0) is 11.1 Å². The monoisotopic (exact) mass is 152 g/mol. The molecule has 0 heterocycles. The molecule has 3 heteroatoms. The van der Waals surface area contributed by atoms with Crippen LogP contribution in [0, 0.1) is 0 Å². The first-order valence-electron chi connectivity index (χ1n) is 3.41. The third-order valence-corrected chi connectivity index (χ3v) is 1.98. The lowest BCUT2D eigenvalue weighted by Gasteiger charge is -2.10. The molecule has 0 amide bonds. The number of aliphatic hydroxyl groups excluding tert-OH is 1. The first-order valence-corrected chi connectivity index (χ1v) is 3.41. The molecule has 2 N–H and O–H groups in total. The van der Waals surface area contributed by atoms with Gasteiger partial charge in [-0.25, -0.2) is 4.89 Å². The maximum atomic E-state index is 9.41. The Morgan fingerprint density at radius 3 is 2.64 bits per heavy atom. The summed E-state index contributed by atoms with van der Waals surface area (Å²) in [4.78, 5) is 4.13. The Morgan fingerprint density at radius 1 is 1.27 bits per heavy atom. The molecule has 58 valence electrons. The Bertz CT molecular complexity index is 272. The number of benzene rings is 1. The van der Waals surface area contributed by atoms with Crippen LogP contribution < -0.4 is 0 Å². The highest BCUT2D eigenvalue weighted by atomic mass is 17.1. The van der Waals surface area contributed by atoms with Gasteiger partial charge in [0.1, 0.15) is 12.2 Å². The van der Waals surface area contributed by atoms with Gasteiger partial charge in [-0.1, -0.05) is 24.3 Å². The lowest BCUT2D eigenvalue weighted by molar-refractivity contribution is -0.299. The number of hydrogen-bond acceptors (Lipinski definition) is 3. The lowest BCUT2D eigenvalue weighted by Crippen LogP contribution is -2.05. The molecule has 2 rings (SSSR count). The van der Waals surface area contributed by atoms with Crippen LogP contribution in [0.25, 0.3) is 0 Å². The van der Waals surface area contributed by atoms with Crippen LogP contribution in [0.4, 0.5) is 0 Å². The van der Waals surface area contributed by atoms with E-state index in [2.05, 4.69) is 4.89 Å². The average Bonchev–Trinajstić information content (AvgIpc) is 2.25. The SMILES string of the molecule is OOC1c2cccc(c2)C1O. The summed E-state index contributed by atoms with van der Waals surface area (Å²) < 4.78 is 0. The van der Waals surface area contributed by atoms with E-state index in [0.29, 0.717) is 0 Å². The molecule has 0 aliphatic heterocycles. The minimum Gasteiger partial charge on any atom is -0.385 e. The molecule has 0 aromatic heterocycles. The number of rotatable bonds is 1. The molecule has 1 aliphatic rings. The highest BCUT2D eigenvalue weighted by Crippen LogP contribution is 2.38. The van der Waals surface area contributed by atoms with E-state index >= 15 is 0 Å². The fourth-order valence-electron chi connectivity index (χ4n) is 1.40. The summed E-state index contributed by atoms with van der Waals surface area (Å²) in [5.41, 5.74) is 1.61. The second kappa shape index (κ2) is 2.30. The minimum atomic E-state index is -0.718. The molecule has 1 aromatic carbocycles. The summed E-state index contributed by atoms with van der Waals surface area (Å²) in [6, 6.07) is 7.24. The van der Waals surface area contributed by atoms with Crippen molar-refractivity contribution in [1.82, 2.24) is 0 Å². The zero-order valence-electron chi connectivity index (χ0n) is 5.77. The first-order chi connectivity index (χ1) is 5.33. The van der Waals surface area contributed by atoms with Crippen LogP contribution in [0.3, 0.4) is 0 Å². The van der Waals surface area contributed by atoms with Crippen molar-refractivity contribution < 1.29 is 15.3 Å². The molecule has 11 heavy (non-hydrogen) atoms. The summed E-state index contributed by atoms with van der Waals surface area (Å²) in [6.07, 6.45) is -1.31. The smallest absolute Gasteiger partial charge is 0.148 e. The highest BCUT2D eigenvalue weighted by molar-refractivity contribution is 5.35. The van der Waals surface area contributed by atoms with Crippen LogP contribution in [0.1, 0.15) is 23.3 Å². The largest absolute Gasteiger partial charge is 0.385 e. The number of aliphatic hydroxyl groups is 1. The molecular weight excluding hydrogens is 144 g/mol. The van der Waals surface area contributed by atoms with Gasteiger partial charge in [-0.2, -0.15) is 0 Å². The summed E-state index contributed by atoms with van der Waals surface area (Å²) >= 11 is 0. The van der Waals surface area contributed by atoms with Crippen LogP contribution in [0.15, 0.2) is 24.3 Å². The quantitative estimate of drug-likeness (QED) is 0.470. The average molecular weight is 152 g/mol. The second-order valence-electron chi connectivity index (χ2n) is 2.64. The van der Waals surface area contributed by atoms with Crippen LogP contribution >= 0.6 is 0 Å². The maximum Gasteiger partial charge on any atom is 0.148 e. The molecule has 2 atom stereocenters. The number of hydrogen-bond donors (Lipinski definition) is 2. The third kappa shape index (κ3) is 0.860. The third-order valence-electron chi connectivity index (χ3n) is 1.98. The van der Waals surface area contributed by atoms with Crippen molar-refractivity contribution in [2.45, 2.75) is 12.2 Å². The van der Waals surface area contributed by atoms with Crippen LogP contribution in [-0.4, -0.2) is 10.4 Å². The lowest BCUT2D eigenvalue weighted by atomic mass is 10.2. The van der Waals surface area contributed by atoms with Crippen LogP contribution in [0.2, 0.25) is 0 Å². The van der Waals surface area contributed by atoms with Crippen LogP contribution in [0.5, 0.6) is 0 Å². The van der Waals surface area contributed by atoms with Gasteiger partial charge in [0.25, 0.3) is 0 Å². The van der Waals surface area contributed by atoms with E-state index < -0.39 is 12.2 Å². The van der Waals surface area contributed by atoms with Gasteiger partial charge in [0.05, 0.1) is 0 Å². The summed E-state index contributed by atoms with van der Waals surface area (Å²) in [5.74, 6) is 0. The zero-order valence-corrected chi connectivity index (χ0v) is 5.77. The molecule has 0 saturated carbocycles. The maximum absolute atomic E-state index is 9.41. The van der Waals surface area contributed by atoms with Gasteiger partial charge in [0.2, 0.25) is 0 Å². The Labute approximate surface area is 63.8 Å². The molecule has 1 aromatic rings. The van der Waals surface area contributed by atoms with E-state index in [1.54, 1.807) is 12.1 Å². The van der Waals surface area contributed by atoms with E-state index in [4.69, 9.17) is 5.26 Å². The Morgan fingerprint density at radius 2 is 2.00 bits per heavy atom. The van der Waals surface area contributed by atoms with E-state index in [-0.39, 0.29) is 0 Å². The summed E-state index contributed by atoms with van der Waals surface area (Å²) in [6.45, 7) is 0. The van der Waals surface area contributed by atoms with Gasteiger partial charge in [-0.3, -0.25) is 5.26 Å². The minimum absolute atomic E-state index is 0.597. The normalized spacial score (nSPS) is 27.5. The van der Waals surface area contributed by atoms with Crippen LogP contribution in [-0.2, 0) is 4.89 Å². The van der Waals surface area contributed by atoms with Crippen molar-refractivity contribution in [3.8, 4) is 0 Å². The molecule has 0 saturated heterocycles. The molecule has 0 radical (unpaired) electrons. The van der Waals surface area contributed by atoms with Gasteiger partial charge < -0.3 is 5.11 Å². The van der Waals surface area contributed by atoms with Crippen molar-refractivity contribution in [1.29, 1.82) is 0 Å². The van der Waals surface area contributed by atoms with Crippen molar-refractivity contribution in [3.63, 3.8) is 0 Å². The Hall–Kier alpha value is -0.900. The summed E-state index contributed by atoms with van der Waals surface area (Å²) in [7, 11) is 0. The molecule has 2 bridgehead atoms. The molecular formula is C8H8O3. The van der Waals surface area contributed by atoms with E-state index in [9.17, 15) is 5.11 Å². The Balaban J connectivity index is 2.43. The van der Waals surface area contributed by atoms with Gasteiger partial charge in [0.15, 0.2) is 0 Å². The topological polar surface area (TPSA) is 49.7 Å². The predicted octanol–water partition coefficient (Wildman–Crippen LogP) is 1.26. The number of fused-ring (bicyclic) bond motifs is 2. The van der Waals surface area contributed by atoms with Crippen molar-refractivity contribution in [3.05, 3.63) is 35.4 Å². The van der Waals surface area contributed by atoms with E-state index in [1.807, 2.05) is 12.1 Å². The van der Waals surface area contributed by atoms with Crippen molar-refractivity contribution >= 4 is 0 Å². The summed E-state index contributed by atoms with van der Waals surface area (Å²) in [5, 5.41) is 17.8. The van der Waals surface area contributed by atoms with Crippen molar-refractivity contribution in [2.24, 2.45) is 0 Å².